The van der Waals surface area contributed by atoms with Gasteiger partial charge >= 0.3 is 6.03 Å². The minimum Gasteiger partial charge on any atom is -0.315 e. The van der Waals surface area contributed by atoms with E-state index in [4.69, 9.17) is 5.10 Å². The van der Waals surface area contributed by atoms with Crippen LogP contribution < -0.4 is 10.6 Å². The van der Waals surface area contributed by atoms with Crippen LogP contribution in [0.3, 0.4) is 0 Å². The maximum absolute atomic E-state index is 13.3. The third kappa shape index (κ3) is 6.48. The Morgan fingerprint density at radius 1 is 0.868 bits per heavy atom. The number of aromatic nitrogens is 2. The molecule has 0 aliphatic rings. The highest BCUT2D eigenvalue weighted by atomic mass is 16.2. The second-order valence-corrected chi connectivity index (χ2v) is 9.55. The van der Waals surface area contributed by atoms with Crippen molar-refractivity contribution < 1.29 is 9.59 Å². The van der Waals surface area contributed by atoms with Crippen molar-refractivity contribution in [3.8, 4) is 16.9 Å². The smallest absolute Gasteiger partial charge is 0.315 e. The van der Waals surface area contributed by atoms with Crippen LogP contribution in [-0.2, 0) is 4.79 Å². The number of unbranched alkanes of at least 4 members (excludes halogenated alkanes) is 1. The van der Waals surface area contributed by atoms with E-state index in [9.17, 15) is 9.59 Å². The van der Waals surface area contributed by atoms with E-state index >= 15 is 0 Å². The summed E-state index contributed by atoms with van der Waals surface area (Å²) in [5.74, 6) is 0.258. The van der Waals surface area contributed by atoms with Gasteiger partial charge in [0.25, 0.3) is 0 Å². The summed E-state index contributed by atoms with van der Waals surface area (Å²) in [6, 6.07) is 25.3. The van der Waals surface area contributed by atoms with Crippen LogP contribution in [0.4, 0.5) is 16.3 Å². The van der Waals surface area contributed by atoms with Gasteiger partial charge in [-0.15, -0.1) is 0 Å². The Morgan fingerprint density at radius 2 is 1.55 bits per heavy atom. The molecule has 2 N–H and O–H groups in total. The quantitative estimate of drug-likeness (QED) is 0.262. The number of aryl methyl sites for hydroxylation is 3. The van der Waals surface area contributed by atoms with E-state index in [1.807, 2.05) is 99.6 Å². The predicted molar refractivity (Wildman–Crippen MR) is 154 cm³/mol. The zero-order valence-electron chi connectivity index (χ0n) is 22.5. The van der Waals surface area contributed by atoms with E-state index in [1.165, 1.54) is 0 Å². The maximum atomic E-state index is 13.3. The third-order valence-corrected chi connectivity index (χ3v) is 6.44. The topological polar surface area (TPSA) is 79.3 Å². The van der Waals surface area contributed by atoms with Crippen LogP contribution in [0.2, 0.25) is 0 Å². The highest BCUT2D eigenvalue weighted by molar-refractivity contribution is 5.97. The van der Waals surface area contributed by atoms with Crippen molar-refractivity contribution in [2.75, 3.05) is 23.7 Å². The second-order valence-electron chi connectivity index (χ2n) is 9.55. The molecule has 0 radical (unpaired) electrons. The number of carbonyl (C=O) groups is 2. The first-order chi connectivity index (χ1) is 18.4. The Bertz CT molecular complexity index is 1370. The van der Waals surface area contributed by atoms with E-state index in [0.29, 0.717) is 12.4 Å². The van der Waals surface area contributed by atoms with E-state index in [-0.39, 0.29) is 18.5 Å². The lowest BCUT2D eigenvalue weighted by Gasteiger charge is -2.23. The average Bonchev–Trinajstić information content (AvgIpc) is 3.33. The van der Waals surface area contributed by atoms with Crippen molar-refractivity contribution in [3.05, 3.63) is 95.6 Å². The molecular formula is C31H35N5O2. The number of nitrogens with zero attached hydrogens (tertiary/aromatic N) is 3. The average molecular weight is 510 g/mol. The molecule has 4 rings (SSSR count). The molecule has 0 saturated heterocycles. The largest absolute Gasteiger partial charge is 0.322 e. The van der Waals surface area contributed by atoms with Gasteiger partial charge in [-0.05, 0) is 50.5 Å². The first-order valence-corrected chi connectivity index (χ1v) is 13.0. The molecule has 0 aliphatic carbocycles. The number of benzene rings is 3. The fourth-order valence-corrected chi connectivity index (χ4v) is 4.26. The summed E-state index contributed by atoms with van der Waals surface area (Å²) in [6.45, 7) is 8.42. The lowest BCUT2D eigenvalue weighted by Crippen LogP contribution is -2.41. The summed E-state index contributed by atoms with van der Waals surface area (Å²) >= 11 is 0. The van der Waals surface area contributed by atoms with E-state index in [2.05, 4.69) is 17.6 Å². The standard InChI is InChI=1S/C31H35N5O2/c1-5-6-19-35(31(38)33-30-23(3)11-10-12-24(30)4)21-29(37)32-28-20-27(25-13-8-7-9-14-25)34-36(28)26-17-15-22(2)16-18-26/h7-18,20H,5-6,19,21H2,1-4H3,(H,32,37)(H,33,38). The van der Waals surface area contributed by atoms with Crippen molar-refractivity contribution in [2.45, 2.75) is 40.5 Å². The summed E-state index contributed by atoms with van der Waals surface area (Å²) in [5.41, 5.74) is 6.41. The normalized spacial score (nSPS) is 10.7. The zero-order valence-corrected chi connectivity index (χ0v) is 22.5. The van der Waals surface area contributed by atoms with Crippen LogP contribution in [0.1, 0.15) is 36.5 Å². The zero-order chi connectivity index (χ0) is 27.1. The van der Waals surface area contributed by atoms with Gasteiger partial charge in [0.05, 0.1) is 11.4 Å². The number of nitrogens with one attached hydrogen (secondary N) is 2. The molecule has 4 aromatic rings. The van der Waals surface area contributed by atoms with E-state index in [1.54, 1.807) is 9.58 Å². The molecule has 1 aromatic heterocycles. The predicted octanol–water partition coefficient (Wildman–Crippen LogP) is 6.74. The number of para-hydroxylation sites is 1. The number of amides is 3. The van der Waals surface area contributed by atoms with Gasteiger partial charge in [-0.1, -0.05) is 79.6 Å². The van der Waals surface area contributed by atoms with Gasteiger partial charge in [-0.25, -0.2) is 9.48 Å². The van der Waals surface area contributed by atoms with Gasteiger partial charge in [0.15, 0.2) is 0 Å². The fourth-order valence-electron chi connectivity index (χ4n) is 4.26. The molecule has 0 saturated carbocycles. The van der Waals surface area contributed by atoms with Crippen molar-refractivity contribution in [1.29, 1.82) is 0 Å². The van der Waals surface area contributed by atoms with Gasteiger partial charge in [-0.2, -0.15) is 5.10 Å². The molecule has 38 heavy (non-hydrogen) atoms. The highest BCUT2D eigenvalue weighted by Crippen LogP contribution is 2.25. The van der Waals surface area contributed by atoms with E-state index in [0.717, 1.165) is 52.2 Å². The Labute approximate surface area is 224 Å². The second kappa shape index (κ2) is 12.2. The van der Waals surface area contributed by atoms with Crippen LogP contribution in [-0.4, -0.2) is 39.7 Å². The number of carbonyl (C=O) groups excluding carboxylic acids is 2. The maximum Gasteiger partial charge on any atom is 0.322 e. The summed E-state index contributed by atoms with van der Waals surface area (Å²) < 4.78 is 1.73. The molecule has 7 nitrogen and oxygen atoms in total. The molecular weight excluding hydrogens is 474 g/mol. The molecule has 3 amide bonds. The first kappa shape index (κ1) is 26.7. The van der Waals surface area contributed by atoms with E-state index < -0.39 is 0 Å². The minimum atomic E-state index is -0.289. The fraction of sp³-hybridized carbons (Fsp3) is 0.258. The van der Waals surface area contributed by atoms with Gasteiger partial charge in [0.2, 0.25) is 5.91 Å². The Morgan fingerprint density at radius 3 is 2.21 bits per heavy atom. The number of hydrogen-bond acceptors (Lipinski definition) is 3. The molecule has 3 aromatic carbocycles. The number of hydrogen-bond donors (Lipinski definition) is 2. The van der Waals surface area contributed by atoms with Gasteiger partial charge in [0, 0.05) is 23.9 Å². The number of urea groups is 1. The lowest BCUT2D eigenvalue weighted by atomic mass is 10.1. The van der Waals surface area contributed by atoms with Crippen LogP contribution >= 0.6 is 0 Å². The number of rotatable bonds is 9. The van der Waals surface area contributed by atoms with Crippen molar-refractivity contribution >= 4 is 23.4 Å². The molecule has 0 aliphatic heterocycles. The van der Waals surface area contributed by atoms with Crippen LogP contribution in [0, 0.1) is 20.8 Å². The lowest BCUT2D eigenvalue weighted by molar-refractivity contribution is -0.116. The summed E-state index contributed by atoms with van der Waals surface area (Å²) in [5, 5.41) is 10.8. The summed E-state index contributed by atoms with van der Waals surface area (Å²) in [7, 11) is 0. The Kier molecular flexibility index (Phi) is 8.58. The monoisotopic (exact) mass is 509 g/mol. The Balaban J connectivity index is 1.57. The Hall–Kier alpha value is -4.39. The summed E-state index contributed by atoms with van der Waals surface area (Å²) in [4.78, 5) is 28.1. The molecule has 1 heterocycles. The number of anilines is 2. The van der Waals surface area contributed by atoms with Crippen LogP contribution in [0.15, 0.2) is 78.9 Å². The van der Waals surface area contributed by atoms with Crippen LogP contribution in [0.5, 0.6) is 0 Å². The molecule has 0 spiro atoms. The molecule has 0 fully saturated rings. The van der Waals surface area contributed by atoms with Crippen molar-refractivity contribution in [2.24, 2.45) is 0 Å². The van der Waals surface area contributed by atoms with Gasteiger partial charge in [0.1, 0.15) is 12.4 Å². The molecule has 7 heteroatoms. The molecule has 0 atom stereocenters. The van der Waals surface area contributed by atoms with Gasteiger partial charge < -0.3 is 15.5 Å². The van der Waals surface area contributed by atoms with Crippen molar-refractivity contribution in [3.63, 3.8) is 0 Å². The first-order valence-electron chi connectivity index (χ1n) is 13.0. The molecule has 196 valence electrons. The summed E-state index contributed by atoms with van der Waals surface area (Å²) in [6.07, 6.45) is 1.71. The SMILES string of the molecule is CCCCN(CC(=O)Nc1cc(-c2ccccc2)nn1-c1ccc(C)cc1)C(=O)Nc1c(C)cccc1C. The van der Waals surface area contributed by atoms with Gasteiger partial charge in [-0.3, -0.25) is 4.79 Å². The molecule has 0 bridgehead atoms. The van der Waals surface area contributed by atoms with Crippen molar-refractivity contribution in [1.82, 2.24) is 14.7 Å². The highest BCUT2D eigenvalue weighted by Gasteiger charge is 2.20. The third-order valence-electron chi connectivity index (χ3n) is 6.44. The molecule has 0 unspecified atom stereocenters. The minimum absolute atomic E-state index is 0.0729. The van der Waals surface area contributed by atoms with Crippen LogP contribution in [0.25, 0.3) is 16.9 Å².